The normalized spacial score (nSPS) is 10.9. The van der Waals surface area contributed by atoms with Crippen LogP contribution < -0.4 is 0 Å². The summed E-state index contributed by atoms with van der Waals surface area (Å²) in [5, 5.41) is 12.5. The second-order valence-electron chi connectivity index (χ2n) is 5.15. The van der Waals surface area contributed by atoms with Crippen LogP contribution in [0.3, 0.4) is 0 Å². The van der Waals surface area contributed by atoms with Crippen LogP contribution in [0, 0.1) is 24.4 Å². The zero-order chi connectivity index (χ0) is 18.3. The topological polar surface area (TPSA) is 96.2 Å². The molecule has 0 unspecified atom stereocenters. The van der Waals surface area contributed by atoms with Gasteiger partial charge in [0.05, 0.1) is 5.56 Å². The van der Waals surface area contributed by atoms with E-state index in [0.717, 1.165) is 6.07 Å². The average molecular weight is 350 g/mol. The van der Waals surface area contributed by atoms with E-state index in [-0.39, 0.29) is 33.8 Å². The highest BCUT2D eigenvalue weighted by Crippen LogP contribution is 2.29. The molecular weight excluding hydrogens is 341 g/mol. The summed E-state index contributed by atoms with van der Waals surface area (Å²) < 4.78 is 44.9. The highest BCUT2D eigenvalue weighted by Gasteiger charge is 2.25. The van der Waals surface area contributed by atoms with Crippen LogP contribution in [0.2, 0.25) is 0 Å². The van der Waals surface area contributed by atoms with Gasteiger partial charge in [-0.05, 0) is 25.1 Å². The molecule has 0 bridgehead atoms. The van der Waals surface area contributed by atoms with Crippen molar-refractivity contribution in [1.82, 2.24) is 10.1 Å². The Bertz CT molecular complexity index is 984. The summed E-state index contributed by atoms with van der Waals surface area (Å²) in [4.78, 5) is 25.9. The number of ketones is 1. The molecule has 0 aliphatic carbocycles. The number of aromatic carboxylic acids is 1. The van der Waals surface area contributed by atoms with Crippen LogP contribution in [0.5, 0.6) is 0 Å². The van der Waals surface area contributed by atoms with Crippen molar-refractivity contribution in [3.05, 3.63) is 64.4 Å². The van der Waals surface area contributed by atoms with Gasteiger partial charge < -0.3 is 14.6 Å². The summed E-state index contributed by atoms with van der Waals surface area (Å²) in [6, 6.07) is 2.48. The van der Waals surface area contributed by atoms with Crippen LogP contribution in [-0.4, -0.2) is 27.0 Å². The predicted molar refractivity (Wildman–Crippen MR) is 77.7 cm³/mol. The van der Waals surface area contributed by atoms with Crippen LogP contribution in [0.4, 0.5) is 13.2 Å². The molecule has 2 aromatic heterocycles. The molecule has 128 valence electrons. The fourth-order valence-electron chi connectivity index (χ4n) is 2.32. The number of hydrogen-bond acceptors (Lipinski definition) is 4. The van der Waals surface area contributed by atoms with Gasteiger partial charge in [-0.2, -0.15) is 0 Å². The Morgan fingerprint density at radius 3 is 2.36 bits per heavy atom. The molecule has 0 saturated carbocycles. The van der Waals surface area contributed by atoms with Gasteiger partial charge in [0.15, 0.2) is 23.2 Å². The van der Waals surface area contributed by atoms with Crippen molar-refractivity contribution in [3.63, 3.8) is 0 Å². The molecule has 0 aliphatic rings. The molecule has 0 saturated heterocycles. The van der Waals surface area contributed by atoms with E-state index >= 15 is 0 Å². The highest BCUT2D eigenvalue weighted by molar-refractivity contribution is 6.13. The molecule has 1 aromatic carbocycles. The fourth-order valence-corrected chi connectivity index (χ4v) is 2.32. The van der Waals surface area contributed by atoms with E-state index < -0.39 is 29.2 Å². The molecule has 0 atom stereocenters. The third-order valence-corrected chi connectivity index (χ3v) is 3.52. The minimum atomic E-state index is -1.64. The molecule has 6 nitrogen and oxygen atoms in total. The number of carboxylic acid groups (broad SMARTS) is 1. The van der Waals surface area contributed by atoms with E-state index in [1.165, 1.54) is 13.1 Å². The summed E-state index contributed by atoms with van der Waals surface area (Å²) >= 11 is 0. The molecule has 25 heavy (non-hydrogen) atoms. The summed E-state index contributed by atoms with van der Waals surface area (Å²) in [6.07, 6.45) is 1.17. The summed E-state index contributed by atoms with van der Waals surface area (Å²) in [5.74, 6) is -6.39. The van der Waals surface area contributed by atoms with E-state index in [0.29, 0.717) is 12.1 Å². The Kier molecular flexibility index (Phi) is 3.91. The number of aryl methyl sites for hydroxylation is 1. The molecule has 0 spiro atoms. The van der Waals surface area contributed by atoms with Crippen molar-refractivity contribution < 1.29 is 32.4 Å². The zero-order valence-corrected chi connectivity index (χ0v) is 12.6. The zero-order valence-electron chi connectivity index (χ0n) is 12.6. The van der Waals surface area contributed by atoms with Crippen LogP contribution in [0.15, 0.2) is 28.9 Å². The van der Waals surface area contributed by atoms with Crippen molar-refractivity contribution in [2.24, 2.45) is 0 Å². The number of nitrogens with zero attached hydrogens (tertiary/aromatic N) is 1. The quantitative estimate of drug-likeness (QED) is 0.556. The van der Waals surface area contributed by atoms with E-state index in [1.807, 2.05) is 0 Å². The first-order valence-corrected chi connectivity index (χ1v) is 6.87. The number of nitrogens with one attached hydrogen (secondary N) is 1. The number of hydrogen-bond donors (Lipinski definition) is 2. The van der Waals surface area contributed by atoms with Crippen molar-refractivity contribution in [2.75, 3.05) is 0 Å². The standard InChI is InChI=1S/C16H9F3N2O4/c1-6-12(15(22)8-4-11(16(23)24)20-5-8)14(21-25-6)7-2-9(17)13(19)10(18)3-7/h2-5,20H,1H3,(H,23,24). The first-order valence-electron chi connectivity index (χ1n) is 6.87. The SMILES string of the molecule is Cc1onc(-c2cc(F)c(F)c(F)c2)c1C(=O)c1c[nH]c(C(=O)O)c1. The lowest BCUT2D eigenvalue weighted by atomic mass is 9.99. The van der Waals surface area contributed by atoms with Gasteiger partial charge in [0.25, 0.3) is 0 Å². The van der Waals surface area contributed by atoms with Crippen molar-refractivity contribution in [3.8, 4) is 11.3 Å². The summed E-state index contributed by atoms with van der Waals surface area (Å²) in [5.41, 5.74) is -0.698. The van der Waals surface area contributed by atoms with Gasteiger partial charge in [-0.1, -0.05) is 5.16 Å². The molecule has 2 heterocycles. The Morgan fingerprint density at radius 2 is 1.80 bits per heavy atom. The highest BCUT2D eigenvalue weighted by atomic mass is 19.2. The maximum absolute atomic E-state index is 13.5. The Labute approximate surface area is 137 Å². The molecule has 3 aromatic rings. The van der Waals surface area contributed by atoms with Gasteiger partial charge in [-0.15, -0.1) is 0 Å². The van der Waals surface area contributed by atoms with Gasteiger partial charge in [-0.3, -0.25) is 4.79 Å². The molecule has 0 amide bonds. The van der Waals surface area contributed by atoms with E-state index in [1.54, 1.807) is 0 Å². The molecule has 3 rings (SSSR count). The Hall–Kier alpha value is -3.36. The van der Waals surface area contributed by atoms with Crippen molar-refractivity contribution in [1.29, 1.82) is 0 Å². The second kappa shape index (κ2) is 5.93. The monoisotopic (exact) mass is 350 g/mol. The minimum absolute atomic E-state index is 0.00648. The lowest BCUT2D eigenvalue weighted by molar-refractivity contribution is 0.0691. The maximum Gasteiger partial charge on any atom is 0.352 e. The van der Waals surface area contributed by atoms with Crippen LogP contribution in [0.25, 0.3) is 11.3 Å². The average Bonchev–Trinajstić information content (AvgIpc) is 3.18. The summed E-state index contributed by atoms with van der Waals surface area (Å²) in [7, 11) is 0. The number of H-pyrrole nitrogens is 1. The maximum atomic E-state index is 13.5. The second-order valence-corrected chi connectivity index (χ2v) is 5.15. The number of aromatic nitrogens is 2. The molecule has 0 radical (unpaired) electrons. The van der Waals surface area contributed by atoms with Crippen molar-refractivity contribution in [2.45, 2.75) is 6.92 Å². The number of benzene rings is 1. The van der Waals surface area contributed by atoms with Gasteiger partial charge in [0.1, 0.15) is 17.1 Å². The number of rotatable bonds is 4. The summed E-state index contributed by atoms with van der Waals surface area (Å²) in [6.45, 7) is 1.41. The van der Waals surface area contributed by atoms with Gasteiger partial charge in [0, 0.05) is 17.3 Å². The van der Waals surface area contributed by atoms with Gasteiger partial charge in [0.2, 0.25) is 0 Å². The first-order chi connectivity index (χ1) is 11.8. The fraction of sp³-hybridized carbons (Fsp3) is 0.0625. The van der Waals surface area contributed by atoms with Crippen LogP contribution in [0.1, 0.15) is 32.2 Å². The molecule has 0 fully saturated rings. The Balaban J connectivity index is 2.10. The van der Waals surface area contributed by atoms with Crippen molar-refractivity contribution >= 4 is 11.8 Å². The smallest absolute Gasteiger partial charge is 0.352 e. The third-order valence-electron chi connectivity index (χ3n) is 3.52. The lowest BCUT2D eigenvalue weighted by Gasteiger charge is -2.03. The van der Waals surface area contributed by atoms with E-state index in [9.17, 15) is 22.8 Å². The van der Waals surface area contributed by atoms with Crippen LogP contribution in [-0.2, 0) is 0 Å². The lowest BCUT2D eigenvalue weighted by Crippen LogP contribution is -2.03. The Morgan fingerprint density at radius 1 is 1.16 bits per heavy atom. The number of aromatic amines is 1. The number of carbonyl (C=O) groups excluding carboxylic acids is 1. The molecular formula is C16H9F3N2O4. The number of carboxylic acids is 1. The minimum Gasteiger partial charge on any atom is -0.477 e. The van der Waals surface area contributed by atoms with Crippen LogP contribution >= 0.6 is 0 Å². The number of carbonyl (C=O) groups is 2. The largest absolute Gasteiger partial charge is 0.477 e. The van der Waals surface area contributed by atoms with E-state index in [4.69, 9.17) is 9.63 Å². The third kappa shape index (κ3) is 2.80. The number of halogens is 3. The van der Waals surface area contributed by atoms with E-state index in [2.05, 4.69) is 10.1 Å². The molecule has 9 heteroatoms. The van der Waals surface area contributed by atoms with Gasteiger partial charge >= 0.3 is 5.97 Å². The van der Waals surface area contributed by atoms with Gasteiger partial charge in [-0.25, -0.2) is 18.0 Å². The predicted octanol–water partition coefficient (Wildman–Crippen LogP) is 3.32. The molecule has 0 aliphatic heterocycles. The molecule has 2 N–H and O–H groups in total. The first kappa shape index (κ1) is 16.5.